The molecule has 5 aromatic rings. The number of allylic oxidation sites excluding steroid dienone is 5. The van der Waals surface area contributed by atoms with Crippen molar-refractivity contribution in [2.24, 2.45) is 0 Å². The number of unbranched alkanes of at least 4 members (excludes halogenated alkanes) is 3. The van der Waals surface area contributed by atoms with E-state index in [1.165, 1.54) is 30.7 Å². The Kier molecular flexibility index (Phi) is 19.5. The summed E-state index contributed by atoms with van der Waals surface area (Å²) in [4.78, 5) is 35.1. The Hall–Kier alpha value is -7.34. The van der Waals surface area contributed by atoms with E-state index < -0.39 is 35.4 Å². The molecule has 0 saturated carbocycles. The third kappa shape index (κ3) is 16.6. The highest BCUT2D eigenvalue weighted by Gasteiger charge is 2.35. The molecular weight excluding hydrogens is 814 g/mol. The van der Waals surface area contributed by atoms with Crippen LogP contribution in [0.5, 0.6) is 23.0 Å². The molecule has 0 spiro atoms. The fraction of sp³-hybridized carbons (Fsp3) is 0.196. The van der Waals surface area contributed by atoms with E-state index in [2.05, 4.69) is 26.7 Å². The zero-order valence-electron chi connectivity index (χ0n) is 34.9. The van der Waals surface area contributed by atoms with Gasteiger partial charge in [0.15, 0.2) is 0 Å². The van der Waals surface area contributed by atoms with E-state index in [-0.39, 0.29) is 17.9 Å². The van der Waals surface area contributed by atoms with Crippen molar-refractivity contribution >= 4 is 39.5 Å². The van der Waals surface area contributed by atoms with Gasteiger partial charge in [-0.2, -0.15) is 13.2 Å². The molecular formula is C51H49F3O9. The highest BCUT2D eigenvalue weighted by Crippen LogP contribution is 2.39. The zero-order valence-corrected chi connectivity index (χ0v) is 34.9. The summed E-state index contributed by atoms with van der Waals surface area (Å²) in [5.41, 5.74) is -0.279. The van der Waals surface area contributed by atoms with Crippen LogP contribution in [0.15, 0.2) is 166 Å². The molecule has 5 rings (SSSR count). The first kappa shape index (κ1) is 48.3. The van der Waals surface area contributed by atoms with Gasteiger partial charge in [-0.15, -0.1) is 6.58 Å². The monoisotopic (exact) mass is 862 g/mol. The standard InChI is InChI=1S/C47H41F3O9.C4H8/c1-3-44(51)56-25-11-7-5-9-23-54-39-19-17-34-27-33(13-14-36(34)29-39)32-58-43-22-21-41(31-42(43)47(48,49)50)59-46(53)38-16-15-37-30-40(20-18-35(37)28-38)55-24-10-6-8-12-26-57-45(52)4-2;1-3-4-2/h3-4,6,8,10,12-22,24,26-31H,1-2,5,7,9,11,23,25,32H2;3H,1,4H2,2H3/b8-6+,24-10+,26-12+;. The molecule has 0 aromatic heterocycles. The maximum Gasteiger partial charge on any atom is 0.420 e. The summed E-state index contributed by atoms with van der Waals surface area (Å²) < 4.78 is 74.8. The molecule has 0 aliphatic rings. The molecule has 0 bridgehead atoms. The smallest absolute Gasteiger partial charge is 0.420 e. The minimum Gasteiger partial charge on any atom is -0.494 e. The number of ether oxygens (including phenoxy) is 6. The second-order valence-electron chi connectivity index (χ2n) is 13.5. The van der Waals surface area contributed by atoms with Crippen LogP contribution in [0.2, 0.25) is 0 Å². The summed E-state index contributed by atoms with van der Waals surface area (Å²) in [7, 11) is 0. The topological polar surface area (TPSA) is 107 Å². The molecule has 0 aliphatic carbocycles. The van der Waals surface area contributed by atoms with Gasteiger partial charge < -0.3 is 28.4 Å². The minimum atomic E-state index is -4.79. The lowest BCUT2D eigenvalue weighted by molar-refractivity contribution is -0.139. The number of halogens is 3. The second-order valence-corrected chi connectivity index (χ2v) is 13.5. The zero-order chi connectivity index (χ0) is 45.5. The second kappa shape index (κ2) is 25.4. The van der Waals surface area contributed by atoms with Crippen LogP contribution in [0.3, 0.4) is 0 Å². The Morgan fingerprint density at radius 2 is 1.22 bits per heavy atom. The van der Waals surface area contributed by atoms with Crippen molar-refractivity contribution in [3.63, 3.8) is 0 Å². The number of esters is 3. The maximum atomic E-state index is 14.2. The normalized spacial score (nSPS) is 11.2. The van der Waals surface area contributed by atoms with E-state index in [9.17, 15) is 27.6 Å². The Balaban J connectivity index is 0.00000209. The van der Waals surface area contributed by atoms with Crippen molar-refractivity contribution in [1.29, 1.82) is 0 Å². The summed E-state index contributed by atoms with van der Waals surface area (Å²) in [6.07, 6.45) is 12.9. The Morgan fingerprint density at radius 1 is 0.619 bits per heavy atom. The van der Waals surface area contributed by atoms with Crippen LogP contribution in [0.25, 0.3) is 21.5 Å². The molecule has 0 unspecified atom stereocenters. The fourth-order valence-corrected chi connectivity index (χ4v) is 5.59. The van der Waals surface area contributed by atoms with E-state index in [0.29, 0.717) is 35.7 Å². The van der Waals surface area contributed by atoms with Crippen molar-refractivity contribution in [3.05, 3.63) is 182 Å². The number of rotatable bonds is 21. The summed E-state index contributed by atoms with van der Waals surface area (Å²) in [6, 6.07) is 24.2. The maximum absolute atomic E-state index is 14.2. The van der Waals surface area contributed by atoms with Gasteiger partial charge in [-0.25, -0.2) is 14.4 Å². The van der Waals surface area contributed by atoms with Crippen molar-refractivity contribution in [2.75, 3.05) is 13.2 Å². The van der Waals surface area contributed by atoms with Gasteiger partial charge in [0, 0.05) is 12.2 Å². The summed E-state index contributed by atoms with van der Waals surface area (Å²) >= 11 is 0. The molecule has 328 valence electrons. The first-order valence-electron chi connectivity index (χ1n) is 20.1. The van der Waals surface area contributed by atoms with Gasteiger partial charge in [-0.1, -0.05) is 68.6 Å². The van der Waals surface area contributed by atoms with Crippen LogP contribution < -0.4 is 18.9 Å². The molecule has 0 saturated heterocycles. The largest absolute Gasteiger partial charge is 0.494 e. The number of carbonyl (C=O) groups excluding carboxylic acids is 3. The van der Waals surface area contributed by atoms with Gasteiger partial charge in [0.25, 0.3) is 0 Å². The van der Waals surface area contributed by atoms with E-state index in [1.807, 2.05) is 36.4 Å². The minimum absolute atomic E-state index is 0.130. The highest BCUT2D eigenvalue weighted by molar-refractivity contribution is 5.96. The molecule has 12 heteroatoms. The van der Waals surface area contributed by atoms with Crippen molar-refractivity contribution in [2.45, 2.75) is 51.8 Å². The molecule has 0 fully saturated rings. The van der Waals surface area contributed by atoms with Crippen molar-refractivity contribution < 1.29 is 56.0 Å². The summed E-state index contributed by atoms with van der Waals surface area (Å²) in [5, 5.41) is 3.20. The average molecular weight is 863 g/mol. The molecule has 0 atom stereocenters. The summed E-state index contributed by atoms with van der Waals surface area (Å²) in [6.45, 7) is 13.0. The quantitative estimate of drug-likeness (QED) is 0.0136. The Morgan fingerprint density at radius 3 is 1.92 bits per heavy atom. The lowest BCUT2D eigenvalue weighted by Crippen LogP contribution is -2.12. The fourth-order valence-electron chi connectivity index (χ4n) is 5.59. The number of benzene rings is 5. The van der Waals surface area contributed by atoms with Gasteiger partial charge in [-0.05, 0) is 132 Å². The van der Waals surface area contributed by atoms with E-state index >= 15 is 0 Å². The van der Waals surface area contributed by atoms with Crippen LogP contribution in [-0.4, -0.2) is 31.1 Å². The summed E-state index contributed by atoms with van der Waals surface area (Å²) in [5.74, 6) is -1.28. The average Bonchev–Trinajstić information content (AvgIpc) is 3.29. The van der Waals surface area contributed by atoms with Crippen LogP contribution in [-0.2, 0) is 31.8 Å². The predicted octanol–water partition coefficient (Wildman–Crippen LogP) is 12.8. The van der Waals surface area contributed by atoms with Crippen LogP contribution in [0, 0.1) is 0 Å². The van der Waals surface area contributed by atoms with Crippen molar-refractivity contribution in [1.82, 2.24) is 0 Å². The molecule has 0 aliphatic heterocycles. The number of hydrogen-bond donors (Lipinski definition) is 0. The van der Waals surface area contributed by atoms with Gasteiger partial charge in [0.2, 0.25) is 0 Å². The first-order valence-corrected chi connectivity index (χ1v) is 20.1. The van der Waals surface area contributed by atoms with E-state index in [0.717, 1.165) is 72.5 Å². The number of hydrogen-bond acceptors (Lipinski definition) is 9. The highest BCUT2D eigenvalue weighted by atomic mass is 19.4. The molecule has 9 nitrogen and oxygen atoms in total. The molecule has 0 heterocycles. The number of carbonyl (C=O) groups is 3. The molecule has 63 heavy (non-hydrogen) atoms. The van der Waals surface area contributed by atoms with Crippen molar-refractivity contribution in [3.8, 4) is 23.0 Å². The van der Waals surface area contributed by atoms with Crippen LogP contribution in [0.4, 0.5) is 13.2 Å². The molecule has 0 N–H and O–H groups in total. The van der Waals surface area contributed by atoms with E-state index in [4.69, 9.17) is 28.4 Å². The van der Waals surface area contributed by atoms with E-state index in [1.54, 1.807) is 54.6 Å². The Bertz CT molecular complexity index is 2450. The van der Waals surface area contributed by atoms with Gasteiger partial charge in [-0.3, -0.25) is 0 Å². The lowest BCUT2D eigenvalue weighted by Gasteiger charge is -2.16. The first-order chi connectivity index (χ1) is 30.4. The lowest BCUT2D eigenvalue weighted by atomic mass is 10.1. The molecule has 0 radical (unpaired) electrons. The van der Waals surface area contributed by atoms with Crippen LogP contribution >= 0.6 is 0 Å². The van der Waals surface area contributed by atoms with Gasteiger partial charge in [0.1, 0.15) is 35.2 Å². The third-order valence-corrected chi connectivity index (χ3v) is 8.84. The molecule has 5 aromatic carbocycles. The SMILES string of the molecule is C=CC(=O)O/C=C/C=C/C=C/Oc1ccc2cc(C(=O)Oc3ccc(OCc4ccc5cc(OCCCCCCOC(=O)C=C)ccc5c4)c(C(F)(F)F)c3)ccc2c1.C=CCC. The predicted molar refractivity (Wildman–Crippen MR) is 239 cm³/mol. The third-order valence-electron chi connectivity index (χ3n) is 8.84. The molecule has 0 amide bonds. The van der Waals surface area contributed by atoms with Gasteiger partial charge >= 0.3 is 24.1 Å². The number of fused-ring (bicyclic) bond motifs is 2. The van der Waals surface area contributed by atoms with Crippen LogP contribution in [0.1, 0.15) is 60.5 Å². The Labute approximate surface area is 365 Å². The number of alkyl halides is 3. The van der Waals surface area contributed by atoms with Gasteiger partial charge in [0.05, 0.1) is 31.3 Å².